The van der Waals surface area contributed by atoms with Crippen molar-refractivity contribution in [1.82, 2.24) is 0 Å². The van der Waals surface area contributed by atoms with Crippen LogP contribution in [-0.2, 0) is 175 Å². The first-order valence-electron chi connectivity index (χ1n) is 17.7. The van der Waals surface area contributed by atoms with Gasteiger partial charge in [0.25, 0.3) is 0 Å². The molecule has 2 saturated heterocycles. The molecule has 2 aliphatic rings. The third kappa shape index (κ3) is 27.1. The van der Waals surface area contributed by atoms with Gasteiger partial charge in [-0.25, -0.2) is 37.6 Å². The molecule has 10 N–H and O–H groups in total. The predicted octanol–water partition coefficient (Wildman–Crippen LogP) is -8.02. The molecule has 0 saturated carbocycles. The summed E-state index contributed by atoms with van der Waals surface area (Å²) in [6.45, 7) is -7.26. The molecule has 15 atom stereocenters. The largest absolute Gasteiger partial charge is 0.397 e. The molecular weight excluding hydrogens is 1280 g/mol. The van der Waals surface area contributed by atoms with Crippen molar-refractivity contribution in [3.8, 4) is 0 Å². The van der Waals surface area contributed by atoms with E-state index in [-0.39, 0.29) is 0 Å². The van der Waals surface area contributed by atoms with Crippen LogP contribution in [0.15, 0.2) is 0 Å². The molecule has 75 heavy (non-hydrogen) atoms. The van der Waals surface area contributed by atoms with E-state index in [1.54, 1.807) is 0 Å². The second kappa shape index (κ2) is 27.0. The van der Waals surface area contributed by atoms with Gasteiger partial charge in [0.2, 0.25) is 0 Å². The standard InChI is InChI=1S/C20H38O45S10/c1-50-11(12(51-2)10(59-69(29,30)31)6-55-68(26,27)28)9(58-66(21)22)4-53-20-17(64-74(44,45)46)15(62-72(38,39)40)13(60-70(32,33)34)7(56-20)3-52-19-18(65-75(47,48)49)16(63-73(41,42)43)14(61-71(35,36)37)8(57-19)5-54-67(23,24)25/h7-20H,3-6H2,1-2H3,(H,21,22)(H,23,24,25)(H,26,27,28)(H,29,30,31)(H,32,33,34)(H,35,36,37)(H,38,39,40)(H,41,42,43)(H,44,45,46)(H,47,48,49)/t7-,8-,9-,10-,11-,12-,13-,14-,15+,16+,17-,18-,19-,20-/m1/s1. The summed E-state index contributed by atoms with van der Waals surface area (Å²) in [5.41, 5.74) is 0. The van der Waals surface area contributed by atoms with Crippen LogP contribution in [0, 0.1) is 0 Å². The number of methoxy groups -OCH3 is 2. The maximum absolute atomic E-state index is 12.2. The molecule has 0 bridgehead atoms. The topological polar surface area (TPSA) is 674 Å². The summed E-state index contributed by atoms with van der Waals surface area (Å²) < 4.78 is 392. The van der Waals surface area contributed by atoms with E-state index in [1.807, 2.05) is 0 Å². The lowest BCUT2D eigenvalue weighted by molar-refractivity contribution is -0.321. The van der Waals surface area contributed by atoms with Crippen LogP contribution < -0.4 is 0 Å². The highest BCUT2D eigenvalue weighted by Gasteiger charge is 2.57. The Balaban J connectivity index is 2.98. The molecule has 448 valence electrons. The summed E-state index contributed by atoms with van der Waals surface area (Å²) in [6.07, 6.45) is -41.5. The molecule has 45 nitrogen and oxygen atoms in total. The van der Waals surface area contributed by atoms with Gasteiger partial charge in [-0.3, -0.25) is 49.7 Å². The summed E-state index contributed by atoms with van der Waals surface area (Å²) in [7, 11) is -52.9. The van der Waals surface area contributed by atoms with Crippen molar-refractivity contribution < 1.29 is 196 Å². The van der Waals surface area contributed by atoms with Crippen molar-refractivity contribution in [2.45, 2.75) is 85.8 Å². The maximum Gasteiger partial charge on any atom is 0.397 e. The molecule has 0 amide bonds. The van der Waals surface area contributed by atoms with Crippen LogP contribution in [-0.4, -0.2) is 252 Å². The first-order chi connectivity index (χ1) is 33.5. The average molecular weight is 1320 g/mol. The fourth-order valence-electron chi connectivity index (χ4n) is 6.09. The van der Waals surface area contributed by atoms with Gasteiger partial charge in [-0.15, -0.1) is 0 Å². The minimum absolute atomic E-state index is 0.609. The second-order valence-corrected chi connectivity index (χ2v) is 23.6. The summed E-state index contributed by atoms with van der Waals surface area (Å²) in [5, 5.41) is 0. The van der Waals surface area contributed by atoms with Gasteiger partial charge in [-0.1, -0.05) is 0 Å². The van der Waals surface area contributed by atoms with Gasteiger partial charge in [0, 0.05) is 14.2 Å². The molecule has 0 aliphatic carbocycles. The fraction of sp³-hybridized carbons (Fsp3) is 1.00. The van der Waals surface area contributed by atoms with E-state index in [2.05, 4.69) is 37.6 Å². The van der Waals surface area contributed by atoms with Crippen LogP contribution in [0.2, 0.25) is 0 Å². The third-order valence-corrected chi connectivity index (χ3v) is 12.8. The van der Waals surface area contributed by atoms with E-state index in [1.165, 1.54) is 0 Å². The summed E-state index contributed by atoms with van der Waals surface area (Å²) in [4.78, 5) is 0. The first kappa shape index (κ1) is 69.8. The summed E-state index contributed by atoms with van der Waals surface area (Å²) in [6, 6.07) is 0. The van der Waals surface area contributed by atoms with Crippen molar-refractivity contribution in [2.75, 3.05) is 40.6 Å². The molecule has 55 heteroatoms. The molecule has 2 heterocycles. The molecule has 2 rings (SSSR count). The highest BCUT2D eigenvalue weighted by Crippen LogP contribution is 2.36. The highest BCUT2D eigenvalue weighted by molar-refractivity contribution is 7.82. The van der Waals surface area contributed by atoms with Gasteiger partial charge < -0.3 is 28.4 Å². The van der Waals surface area contributed by atoms with Gasteiger partial charge in [0.15, 0.2) is 24.8 Å². The summed E-state index contributed by atoms with van der Waals surface area (Å²) >= 11 is -3.64. The van der Waals surface area contributed by atoms with Crippen molar-refractivity contribution in [2.24, 2.45) is 0 Å². The zero-order valence-electron chi connectivity index (χ0n) is 35.8. The van der Waals surface area contributed by atoms with Crippen LogP contribution in [0.1, 0.15) is 0 Å². The molecule has 2 aliphatic heterocycles. The van der Waals surface area contributed by atoms with Gasteiger partial charge in [0.1, 0.15) is 61.0 Å². The van der Waals surface area contributed by atoms with Crippen LogP contribution in [0.5, 0.6) is 0 Å². The fourth-order valence-corrected chi connectivity index (χ4v) is 10.5. The Morgan fingerprint density at radius 2 is 0.747 bits per heavy atom. The van der Waals surface area contributed by atoms with Crippen LogP contribution in [0.25, 0.3) is 0 Å². The molecule has 1 unspecified atom stereocenters. The van der Waals surface area contributed by atoms with Crippen molar-refractivity contribution in [1.29, 1.82) is 0 Å². The quantitative estimate of drug-likeness (QED) is 0.0215. The Bertz CT molecular complexity index is 2970. The molecular formula is C20H38O45S10. The first-order valence-corrected chi connectivity index (χ1v) is 31.0. The molecule has 0 aromatic rings. The van der Waals surface area contributed by atoms with Crippen LogP contribution in [0.4, 0.5) is 0 Å². The van der Waals surface area contributed by atoms with E-state index in [4.69, 9.17) is 41.7 Å². The minimum Gasteiger partial charge on any atom is -0.376 e. The highest BCUT2D eigenvalue weighted by atomic mass is 32.3. The molecule has 0 radical (unpaired) electrons. The zero-order valence-corrected chi connectivity index (χ0v) is 43.9. The van der Waals surface area contributed by atoms with Crippen LogP contribution in [0.3, 0.4) is 0 Å². The second-order valence-electron chi connectivity index (χ2n) is 13.4. The van der Waals surface area contributed by atoms with Crippen molar-refractivity contribution >= 4 is 105 Å². The summed E-state index contributed by atoms with van der Waals surface area (Å²) in [5.74, 6) is 0. The third-order valence-electron chi connectivity index (χ3n) is 8.24. The molecule has 0 spiro atoms. The Morgan fingerprint density at radius 3 is 1.08 bits per heavy atom. The Morgan fingerprint density at radius 1 is 0.413 bits per heavy atom. The van der Waals surface area contributed by atoms with Crippen LogP contribution >= 0.6 is 0 Å². The minimum atomic E-state index is -6.26. The lowest BCUT2D eigenvalue weighted by Gasteiger charge is -2.45. The van der Waals surface area contributed by atoms with Gasteiger partial charge >= 0.3 is 105 Å². The number of hydrogen-bond acceptors (Lipinski definition) is 35. The Kier molecular flexibility index (Phi) is 25.1. The lowest BCUT2D eigenvalue weighted by atomic mass is 9.98. The monoisotopic (exact) mass is 1320 g/mol. The number of hydrogen-bond donors (Lipinski definition) is 10. The average Bonchev–Trinajstić information content (AvgIpc) is 3.15. The van der Waals surface area contributed by atoms with Gasteiger partial charge in [-0.05, 0) is 0 Å². The Labute approximate surface area is 425 Å². The molecule has 2 fully saturated rings. The van der Waals surface area contributed by atoms with Crippen molar-refractivity contribution in [3.63, 3.8) is 0 Å². The molecule has 0 aromatic carbocycles. The molecule has 0 aromatic heterocycles. The van der Waals surface area contributed by atoms with Gasteiger partial charge in [-0.2, -0.15) is 80.0 Å². The van der Waals surface area contributed by atoms with E-state index in [0.717, 1.165) is 0 Å². The zero-order chi connectivity index (χ0) is 58.3. The normalized spacial score (nSPS) is 28.3. The lowest BCUT2D eigenvalue weighted by Crippen LogP contribution is -2.65. The smallest absolute Gasteiger partial charge is 0.376 e. The van der Waals surface area contributed by atoms with E-state index < -0.39 is 217 Å². The van der Waals surface area contributed by atoms with Crippen molar-refractivity contribution in [3.05, 3.63) is 0 Å². The van der Waals surface area contributed by atoms with E-state index in [9.17, 15) is 116 Å². The Hall–Kier alpha value is -1.34. The number of ether oxygens (including phenoxy) is 6. The number of rotatable bonds is 33. The van der Waals surface area contributed by atoms with Gasteiger partial charge in [0.05, 0.1) is 26.4 Å². The SMILES string of the molecule is CO[C@@H]([C@H](OC)[C@@H](COS(=O)(=O)O)OS(=O)(=O)O)[C@@H](CO[C@@H]1O[C@H](CO[C@@H]2O[C@H](COS(=O)(=O)O)[C@@H](OS(=O)(=O)O)[C@H](OS(=O)(=O)O)[C@H]2OS(=O)(=O)O)[C@@H](OS(=O)(=O)O)[C@H](OS(=O)(=O)O)[C@H]1OS(=O)(=O)O)OS(=O)O. The predicted molar refractivity (Wildman–Crippen MR) is 216 cm³/mol. The van der Waals surface area contributed by atoms with E-state index in [0.29, 0.717) is 14.2 Å². The van der Waals surface area contributed by atoms with E-state index >= 15 is 0 Å². The maximum atomic E-state index is 12.2.